The minimum Gasteiger partial charge on any atom is -0.481 e. The van der Waals surface area contributed by atoms with Gasteiger partial charge in [-0.25, -0.2) is 13.2 Å². The van der Waals surface area contributed by atoms with Gasteiger partial charge in [0.15, 0.2) is 17.5 Å². The van der Waals surface area contributed by atoms with E-state index < -0.39 is 29.3 Å². The third-order valence-electron chi connectivity index (χ3n) is 3.69. The van der Waals surface area contributed by atoms with E-state index in [1.807, 2.05) is 4.90 Å². The lowest BCUT2D eigenvalue weighted by Crippen LogP contribution is -2.22. The molecule has 1 atom stereocenters. The van der Waals surface area contributed by atoms with Crippen LogP contribution >= 0.6 is 12.4 Å². The summed E-state index contributed by atoms with van der Waals surface area (Å²) in [7, 11) is 0. The molecule has 1 fully saturated rings. The number of hydrogen-bond donors (Lipinski definition) is 1. The quantitative estimate of drug-likeness (QED) is 0.841. The molecule has 1 saturated heterocycles. The van der Waals surface area contributed by atoms with Gasteiger partial charge in [0, 0.05) is 12.1 Å². The van der Waals surface area contributed by atoms with Crippen molar-refractivity contribution in [1.29, 1.82) is 0 Å². The monoisotopic (exact) mass is 363 g/mol. The molecule has 0 radical (unpaired) electrons. The third kappa shape index (κ3) is 3.68. The van der Waals surface area contributed by atoms with E-state index in [1.54, 1.807) is 0 Å². The number of likely N-dealkylation sites (tertiary alicyclic amines) is 1. The van der Waals surface area contributed by atoms with Crippen molar-refractivity contribution in [2.24, 2.45) is 5.92 Å². The van der Waals surface area contributed by atoms with E-state index in [0.29, 0.717) is 19.5 Å². The first kappa shape index (κ1) is 18.2. The smallest absolute Gasteiger partial charge is 0.307 e. The van der Waals surface area contributed by atoms with Crippen molar-refractivity contribution in [3.05, 3.63) is 35.5 Å². The van der Waals surface area contributed by atoms with Crippen LogP contribution in [0.3, 0.4) is 0 Å². The van der Waals surface area contributed by atoms with Crippen molar-refractivity contribution in [3.8, 4) is 11.4 Å². The predicted molar refractivity (Wildman–Crippen MR) is 77.9 cm³/mol. The van der Waals surface area contributed by atoms with E-state index in [9.17, 15) is 18.0 Å². The van der Waals surface area contributed by atoms with Crippen LogP contribution in [-0.4, -0.2) is 39.2 Å². The molecule has 0 aliphatic carbocycles. The minimum atomic E-state index is -1.56. The fraction of sp³-hybridized carbons (Fsp3) is 0.357. The first-order valence-electron chi connectivity index (χ1n) is 6.86. The van der Waals surface area contributed by atoms with E-state index in [-0.39, 0.29) is 36.2 Å². The summed E-state index contributed by atoms with van der Waals surface area (Å²) in [4.78, 5) is 16.7. The van der Waals surface area contributed by atoms with Gasteiger partial charge in [-0.1, -0.05) is 5.16 Å². The van der Waals surface area contributed by atoms with Gasteiger partial charge in [0.25, 0.3) is 0 Å². The zero-order chi connectivity index (χ0) is 16.6. The second kappa shape index (κ2) is 7.18. The molecule has 1 unspecified atom stereocenters. The molecule has 0 bridgehead atoms. The van der Waals surface area contributed by atoms with Crippen LogP contribution in [0.25, 0.3) is 11.4 Å². The zero-order valence-electron chi connectivity index (χ0n) is 12.2. The molecule has 2 aromatic rings. The molecule has 1 aromatic heterocycles. The highest BCUT2D eigenvalue weighted by atomic mass is 35.5. The Morgan fingerprint density at radius 2 is 2.00 bits per heavy atom. The second-order valence-corrected chi connectivity index (χ2v) is 5.32. The van der Waals surface area contributed by atoms with Crippen molar-refractivity contribution >= 4 is 18.4 Å². The number of hydrogen-bond acceptors (Lipinski definition) is 5. The molecule has 24 heavy (non-hydrogen) atoms. The zero-order valence-corrected chi connectivity index (χ0v) is 13.0. The lowest BCUT2D eigenvalue weighted by Gasteiger charge is -2.11. The molecule has 0 saturated carbocycles. The number of carboxylic acids is 1. The van der Waals surface area contributed by atoms with Crippen LogP contribution < -0.4 is 0 Å². The first-order chi connectivity index (χ1) is 10.9. The highest BCUT2D eigenvalue weighted by Crippen LogP contribution is 2.23. The number of nitrogens with zero attached hydrogens (tertiary/aromatic N) is 3. The SMILES string of the molecule is Cl.O=C(O)C1CCN(Cc2nc(-c3cc(F)c(F)c(F)c3)no2)C1. The molecule has 10 heteroatoms. The number of aromatic nitrogens is 2. The maximum absolute atomic E-state index is 13.2. The lowest BCUT2D eigenvalue weighted by molar-refractivity contribution is -0.141. The molecule has 1 aliphatic rings. The van der Waals surface area contributed by atoms with Gasteiger partial charge < -0.3 is 9.63 Å². The maximum atomic E-state index is 13.2. The van der Waals surface area contributed by atoms with Gasteiger partial charge in [0.1, 0.15) is 0 Å². The number of rotatable bonds is 4. The van der Waals surface area contributed by atoms with Gasteiger partial charge in [0.2, 0.25) is 11.7 Å². The average molecular weight is 364 g/mol. The van der Waals surface area contributed by atoms with E-state index in [2.05, 4.69) is 10.1 Å². The summed E-state index contributed by atoms with van der Waals surface area (Å²) in [6.45, 7) is 1.18. The van der Waals surface area contributed by atoms with Crippen LogP contribution in [0.2, 0.25) is 0 Å². The molecule has 1 aromatic carbocycles. The van der Waals surface area contributed by atoms with Gasteiger partial charge in [-0.05, 0) is 25.1 Å². The number of carboxylic acid groups (broad SMARTS) is 1. The molecular formula is C14H13ClF3N3O3. The van der Waals surface area contributed by atoms with Crippen molar-refractivity contribution < 1.29 is 27.6 Å². The Bertz CT molecular complexity index is 733. The molecule has 0 amide bonds. The molecule has 1 N–H and O–H groups in total. The van der Waals surface area contributed by atoms with Gasteiger partial charge in [-0.3, -0.25) is 9.69 Å². The van der Waals surface area contributed by atoms with E-state index >= 15 is 0 Å². The minimum absolute atomic E-state index is 0. The number of carbonyl (C=O) groups is 1. The topological polar surface area (TPSA) is 79.5 Å². The van der Waals surface area contributed by atoms with Crippen LogP contribution in [0.15, 0.2) is 16.7 Å². The summed E-state index contributed by atoms with van der Waals surface area (Å²) in [5.41, 5.74) is -0.0405. The number of benzene rings is 1. The van der Waals surface area contributed by atoms with E-state index in [0.717, 1.165) is 12.1 Å². The van der Waals surface area contributed by atoms with Crippen molar-refractivity contribution in [2.45, 2.75) is 13.0 Å². The summed E-state index contributed by atoms with van der Waals surface area (Å²) in [5, 5.41) is 12.6. The standard InChI is InChI=1S/C14H12F3N3O3.ClH/c15-9-3-8(4-10(16)12(9)17)13-18-11(23-19-13)6-20-2-1-7(5-20)14(21)22;/h3-4,7H,1-2,5-6H2,(H,21,22);1H. The Kier molecular flexibility index (Phi) is 5.45. The summed E-state index contributed by atoms with van der Waals surface area (Å²) < 4.78 is 44.4. The van der Waals surface area contributed by atoms with Crippen LogP contribution in [0.4, 0.5) is 13.2 Å². The van der Waals surface area contributed by atoms with Crippen LogP contribution in [0.5, 0.6) is 0 Å². The average Bonchev–Trinajstić information content (AvgIpc) is 3.14. The molecule has 1 aliphatic heterocycles. The van der Waals surface area contributed by atoms with Gasteiger partial charge in [-0.15, -0.1) is 12.4 Å². The van der Waals surface area contributed by atoms with Crippen LogP contribution in [-0.2, 0) is 11.3 Å². The molecule has 6 nitrogen and oxygen atoms in total. The molecule has 0 spiro atoms. The molecule has 3 rings (SSSR count). The van der Waals surface area contributed by atoms with Crippen LogP contribution in [0, 0.1) is 23.4 Å². The van der Waals surface area contributed by atoms with Crippen molar-refractivity contribution in [2.75, 3.05) is 13.1 Å². The first-order valence-corrected chi connectivity index (χ1v) is 6.86. The Hall–Kier alpha value is -2.13. The highest BCUT2D eigenvalue weighted by molar-refractivity contribution is 5.85. The Labute approximate surface area is 140 Å². The third-order valence-corrected chi connectivity index (χ3v) is 3.69. The summed E-state index contributed by atoms with van der Waals surface area (Å²) in [5.74, 6) is -5.39. The Morgan fingerprint density at radius 3 is 2.58 bits per heavy atom. The summed E-state index contributed by atoms with van der Waals surface area (Å²) in [6, 6.07) is 1.56. The number of aliphatic carboxylic acids is 1. The predicted octanol–water partition coefficient (Wildman–Crippen LogP) is 2.48. The van der Waals surface area contributed by atoms with Gasteiger partial charge in [-0.2, -0.15) is 4.98 Å². The van der Waals surface area contributed by atoms with Crippen molar-refractivity contribution in [1.82, 2.24) is 15.0 Å². The van der Waals surface area contributed by atoms with Crippen molar-refractivity contribution in [3.63, 3.8) is 0 Å². The fourth-order valence-corrected chi connectivity index (χ4v) is 2.49. The number of halogens is 4. The largest absolute Gasteiger partial charge is 0.481 e. The van der Waals surface area contributed by atoms with Crippen LogP contribution in [0.1, 0.15) is 12.3 Å². The lowest BCUT2D eigenvalue weighted by atomic mass is 10.1. The Morgan fingerprint density at radius 1 is 1.33 bits per heavy atom. The summed E-state index contributed by atoms with van der Waals surface area (Å²) >= 11 is 0. The highest BCUT2D eigenvalue weighted by Gasteiger charge is 2.29. The summed E-state index contributed by atoms with van der Waals surface area (Å²) in [6.07, 6.45) is 0.532. The van der Waals surface area contributed by atoms with E-state index in [1.165, 1.54) is 0 Å². The second-order valence-electron chi connectivity index (χ2n) is 5.32. The van der Waals surface area contributed by atoms with Gasteiger partial charge >= 0.3 is 5.97 Å². The molecule has 130 valence electrons. The fourth-order valence-electron chi connectivity index (χ4n) is 2.49. The van der Waals surface area contributed by atoms with E-state index in [4.69, 9.17) is 9.63 Å². The van der Waals surface area contributed by atoms with Gasteiger partial charge in [0.05, 0.1) is 12.5 Å². The molecule has 2 heterocycles. The Balaban J connectivity index is 0.00000208. The maximum Gasteiger partial charge on any atom is 0.307 e. The normalized spacial score (nSPS) is 17.7. The molecular weight excluding hydrogens is 351 g/mol.